The summed E-state index contributed by atoms with van der Waals surface area (Å²) >= 11 is 0. The van der Waals surface area contributed by atoms with Gasteiger partial charge in [0.15, 0.2) is 6.04 Å². The van der Waals surface area contributed by atoms with Crippen LogP contribution in [0, 0.1) is 23.7 Å². The van der Waals surface area contributed by atoms with Crippen molar-refractivity contribution in [1.29, 1.82) is 0 Å². The van der Waals surface area contributed by atoms with Crippen molar-refractivity contribution >= 4 is 17.8 Å². The third-order valence-electron chi connectivity index (χ3n) is 5.42. The van der Waals surface area contributed by atoms with Crippen LogP contribution in [-0.4, -0.2) is 31.6 Å². The van der Waals surface area contributed by atoms with E-state index in [0.29, 0.717) is 5.56 Å². The van der Waals surface area contributed by atoms with Crippen LogP contribution in [0.2, 0.25) is 0 Å². The number of hydrogen-bond donors (Lipinski definition) is 1. The summed E-state index contributed by atoms with van der Waals surface area (Å²) in [5.74, 6) is -1.45. The molecular weight excluding hydrogens is 322 g/mol. The quantitative estimate of drug-likeness (QED) is 0.842. The highest BCUT2D eigenvalue weighted by molar-refractivity contribution is 5.88. The van der Waals surface area contributed by atoms with Crippen LogP contribution in [0.15, 0.2) is 30.3 Å². The number of nitrogens with one attached hydrogen (secondary N) is 1. The highest BCUT2D eigenvalue weighted by Crippen LogP contribution is 2.44. The van der Waals surface area contributed by atoms with Crippen LogP contribution in [0.4, 0.5) is 0 Å². The number of fused-ring (bicyclic) bond motifs is 1. The molecule has 1 saturated carbocycles. The second-order valence-corrected chi connectivity index (χ2v) is 6.86. The fourth-order valence-electron chi connectivity index (χ4n) is 4.05. The molecule has 1 saturated heterocycles. The molecule has 2 aliphatic rings. The van der Waals surface area contributed by atoms with Crippen LogP contribution >= 0.6 is 0 Å². The molecule has 1 aliphatic heterocycles. The lowest BCUT2D eigenvalue weighted by atomic mass is 9.79. The molecule has 1 aliphatic carbocycles. The van der Waals surface area contributed by atoms with E-state index in [4.69, 9.17) is 9.47 Å². The van der Waals surface area contributed by atoms with Gasteiger partial charge in [0.1, 0.15) is 6.61 Å². The number of hydrogen-bond acceptors (Lipinski definition) is 5. The van der Waals surface area contributed by atoms with E-state index < -0.39 is 17.9 Å². The van der Waals surface area contributed by atoms with Gasteiger partial charge >= 0.3 is 11.9 Å². The summed E-state index contributed by atoms with van der Waals surface area (Å²) in [6.45, 7) is 2.09. The van der Waals surface area contributed by atoms with Gasteiger partial charge in [-0.05, 0) is 30.2 Å². The minimum atomic E-state index is -0.867. The molecule has 5 atom stereocenters. The van der Waals surface area contributed by atoms with Gasteiger partial charge in [-0.25, -0.2) is 4.79 Å². The fraction of sp³-hybridized carbons (Fsp3) is 0.526. The number of carbonyl (C=O) groups excluding carboxylic acids is 3. The molecular formula is C19H23NO5. The highest BCUT2D eigenvalue weighted by atomic mass is 16.5. The molecule has 0 spiro atoms. The molecule has 134 valence electrons. The Morgan fingerprint density at radius 3 is 2.64 bits per heavy atom. The third-order valence-corrected chi connectivity index (χ3v) is 5.42. The van der Waals surface area contributed by atoms with Crippen molar-refractivity contribution in [3.05, 3.63) is 35.9 Å². The van der Waals surface area contributed by atoms with Crippen molar-refractivity contribution in [2.45, 2.75) is 25.8 Å². The Hall–Kier alpha value is -2.37. The molecule has 1 heterocycles. The Morgan fingerprint density at radius 1 is 1.24 bits per heavy atom. The molecule has 6 heteroatoms. The summed E-state index contributed by atoms with van der Waals surface area (Å²) < 4.78 is 10.1. The number of esters is 2. The molecule has 1 amide bonds. The number of rotatable bonds is 4. The summed E-state index contributed by atoms with van der Waals surface area (Å²) in [4.78, 5) is 37.0. The van der Waals surface area contributed by atoms with Gasteiger partial charge in [0.05, 0.1) is 18.9 Å². The van der Waals surface area contributed by atoms with E-state index in [-0.39, 0.29) is 36.2 Å². The van der Waals surface area contributed by atoms with E-state index in [1.807, 2.05) is 13.0 Å². The highest BCUT2D eigenvalue weighted by Gasteiger charge is 2.49. The molecule has 1 aromatic carbocycles. The second-order valence-electron chi connectivity index (χ2n) is 6.86. The second kappa shape index (κ2) is 7.25. The zero-order valence-corrected chi connectivity index (χ0v) is 14.4. The van der Waals surface area contributed by atoms with Crippen LogP contribution in [0.1, 0.15) is 31.4 Å². The molecule has 25 heavy (non-hydrogen) atoms. The Kier molecular flexibility index (Phi) is 5.06. The van der Waals surface area contributed by atoms with E-state index >= 15 is 0 Å². The van der Waals surface area contributed by atoms with Crippen molar-refractivity contribution in [3.8, 4) is 0 Å². The number of carbonyl (C=O) groups is 3. The van der Waals surface area contributed by atoms with Gasteiger partial charge in [0, 0.05) is 0 Å². The van der Waals surface area contributed by atoms with Gasteiger partial charge in [-0.2, -0.15) is 0 Å². The van der Waals surface area contributed by atoms with Crippen LogP contribution < -0.4 is 5.32 Å². The van der Waals surface area contributed by atoms with Crippen molar-refractivity contribution in [2.24, 2.45) is 23.7 Å². The summed E-state index contributed by atoms with van der Waals surface area (Å²) in [7, 11) is 1.29. The minimum Gasteiger partial charge on any atom is -0.467 e. The topological polar surface area (TPSA) is 81.7 Å². The largest absolute Gasteiger partial charge is 0.467 e. The Morgan fingerprint density at radius 2 is 1.96 bits per heavy atom. The van der Waals surface area contributed by atoms with Gasteiger partial charge in [-0.3, -0.25) is 9.59 Å². The number of ether oxygens (including phenoxy) is 2. The van der Waals surface area contributed by atoms with E-state index in [0.717, 1.165) is 12.8 Å². The summed E-state index contributed by atoms with van der Waals surface area (Å²) in [6, 6.07) is 8.11. The van der Waals surface area contributed by atoms with Crippen molar-refractivity contribution < 1.29 is 23.9 Å². The van der Waals surface area contributed by atoms with Crippen molar-refractivity contribution in [2.75, 3.05) is 13.7 Å². The van der Waals surface area contributed by atoms with Crippen LogP contribution in [0.25, 0.3) is 0 Å². The normalized spacial score (nSPS) is 29.3. The van der Waals surface area contributed by atoms with E-state index in [2.05, 4.69) is 5.32 Å². The Labute approximate surface area is 146 Å². The van der Waals surface area contributed by atoms with Gasteiger partial charge in [-0.1, -0.05) is 37.3 Å². The average Bonchev–Trinajstić information content (AvgIpc) is 3.02. The molecule has 6 nitrogen and oxygen atoms in total. The average molecular weight is 345 g/mol. The number of methoxy groups -OCH3 is 1. The lowest BCUT2D eigenvalue weighted by Crippen LogP contribution is -2.48. The van der Waals surface area contributed by atoms with Gasteiger partial charge < -0.3 is 14.8 Å². The molecule has 0 radical (unpaired) electrons. The first kappa shape index (κ1) is 17.5. The first-order chi connectivity index (χ1) is 12.0. The molecule has 1 N–H and O–H groups in total. The zero-order chi connectivity index (χ0) is 18.0. The lowest BCUT2D eigenvalue weighted by molar-refractivity contribution is -0.164. The van der Waals surface area contributed by atoms with Crippen LogP contribution in [0.3, 0.4) is 0 Å². The van der Waals surface area contributed by atoms with Gasteiger partial charge in [0.25, 0.3) is 0 Å². The molecule has 0 bridgehead atoms. The summed E-state index contributed by atoms with van der Waals surface area (Å²) in [5, 5.41) is 2.79. The molecule has 2 fully saturated rings. The molecule has 0 unspecified atom stereocenters. The monoisotopic (exact) mass is 345 g/mol. The SMILES string of the molecule is COC(=O)[C@H](NC(=O)[C@@H]1COC(=O)[C@H]2[C@@H]1CC[C@@H]2C)c1ccccc1. The van der Waals surface area contributed by atoms with Crippen LogP contribution in [-0.2, 0) is 23.9 Å². The number of cyclic esters (lactones) is 1. The summed E-state index contributed by atoms with van der Waals surface area (Å²) in [5.41, 5.74) is 0.659. The molecule has 1 aromatic rings. The van der Waals surface area contributed by atoms with E-state index in [1.54, 1.807) is 24.3 Å². The van der Waals surface area contributed by atoms with E-state index in [9.17, 15) is 14.4 Å². The van der Waals surface area contributed by atoms with Crippen LogP contribution in [0.5, 0.6) is 0 Å². The lowest BCUT2D eigenvalue weighted by Gasteiger charge is -2.33. The smallest absolute Gasteiger partial charge is 0.333 e. The first-order valence-corrected chi connectivity index (χ1v) is 8.62. The van der Waals surface area contributed by atoms with Gasteiger partial charge in [-0.15, -0.1) is 0 Å². The first-order valence-electron chi connectivity index (χ1n) is 8.62. The van der Waals surface area contributed by atoms with Gasteiger partial charge in [0.2, 0.25) is 5.91 Å². The maximum absolute atomic E-state index is 12.8. The predicted octanol–water partition coefficient (Wildman–Crippen LogP) is 1.85. The standard InChI is InChI=1S/C19H23NO5/c1-11-8-9-13-14(10-25-18(22)15(11)13)17(21)20-16(19(23)24-2)12-6-4-3-5-7-12/h3-7,11,13-16H,8-10H2,1-2H3,(H,20,21)/t11-,13+,14+,15+,16+/m0/s1. The van der Waals surface area contributed by atoms with E-state index in [1.165, 1.54) is 7.11 Å². The summed E-state index contributed by atoms with van der Waals surface area (Å²) in [6.07, 6.45) is 1.74. The fourth-order valence-corrected chi connectivity index (χ4v) is 4.05. The predicted molar refractivity (Wildman–Crippen MR) is 89.2 cm³/mol. The van der Waals surface area contributed by atoms with Crippen molar-refractivity contribution in [1.82, 2.24) is 5.32 Å². The minimum absolute atomic E-state index is 0.0229. The zero-order valence-electron chi connectivity index (χ0n) is 14.4. The van der Waals surface area contributed by atoms with Crippen molar-refractivity contribution in [3.63, 3.8) is 0 Å². The Balaban J connectivity index is 1.77. The molecule has 3 rings (SSSR count). The third kappa shape index (κ3) is 3.38. The molecule has 0 aromatic heterocycles. The maximum Gasteiger partial charge on any atom is 0.333 e. The number of amides is 1. The Bertz CT molecular complexity index is 659. The maximum atomic E-state index is 12.8. The number of benzene rings is 1.